The van der Waals surface area contributed by atoms with Crippen molar-refractivity contribution in [2.75, 3.05) is 13.2 Å². The summed E-state index contributed by atoms with van der Waals surface area (Å²) in [6.45, 7) is -0.170. The van der Waals surface area contributed by atoms with Gasteiger partial charge in [0.05, 0.1) is 18.1 Å². The number of aliphatic hydroxyl groups is 1. The topological polar surface area (TPSA) is 92.9 Å². The Balaban J connectivity index is 1.51. The Bertz CT molecular complexity index is 1450. The van der Waals surface area contributed by atoms with E-state index >= 15 is 8.78 Å². The zero-order chi connectivity index (χ0) is 26.9. The van der Waals surface area contributed by atoms with E-state index < -0.39 is 44.9 Å². The first-order valence-corrected chi connectivity index (χ1v) is 13.9. The molecule has 10 heteroatoms. The van der Waals surface area contributed by atoms with Gasteiger partial charge in [-0.25, -0.2) is 22.2 Å². The molecule has 1 N–H and O–H groups in total. The van der Waals surface area contributed by atoms with Crippen molar-refractivity contribution in [2.24, 2.45) is 0 Å². The van der Waals surface area contributed by atoms with Crippen LogP contribution >= 0.6 is 0 Å². The van der Waals surface area contributed by atoms with Gasteiger partial charge in [0, 0.05) is 30.9 Å². The highest BCUT2D eigenvalue weighted by Gasteiger charge is 2.45. The zero-order valence-corrected chi connectivity index (χ0v) is 21.5. The van der Waals surface area contributed by atoms with E-state index in [1.807, 2.05) is 0 Å². The molecule has 38 heavy (non-hydrogen) atoms. The SMILES string of the molecule is C#C[C@H]1CC[C@H](c2ccccc2)S(=O)(=O)N1Cc1cc(F)c(C2(c3nc(CO)co3)CCOCC2)cc1F. The molecule has 2 aromatic carbocycles. The van der Waals surface area contributed by atoms with E-state index in [4.69, 9.17) is 15.6 Å². The third-order valence-corrected chi connectivity index (χ3v) is 9.81. The normalized spacial score (nSPS) is 23.1. The fraction of sp³-hybridized carbons (Fsp3) is 0.393. The lowest BCUT2D eigenvalue weighted by Crippen LogP contribution is -2.45. The van der Waals surface area contributed by atoms with Gasteiger partial charge in [-0.3, -0.25) is 0 Å². The number of terminal acetylenes is 1. The van der Waals surface area contributed by atoms with Crippen molar-refractivity contribution < 1.29 is 31.5 Å². The molecule has 2 aliphatic heterocycles. The molecule has 200 valence electrons. The number of ether oxygens (including phenoxy) is 1. The molecule has 0 bridgehead atoms. The second-order valence-electron chi connectivity index (χ2n) is 9.67. The summed E-state index contributed by atoms with van der Waals surface area (Å²) in [6, 6.07) is 10.2. The van der Waals surface area contributed by atoms with Crippen LogP contribution in [-0.2, 0) is 33.3 Å². The number of benzene rings is 2. The number of halogens is 2. The van der Waals surface area contributed by atoms with Gasteiger partial charge in [-0.05, 0) is 43.4 Å². The molecule has 0 radical (unpaired) electrons. The van der Waals surface area contributed by atoms with E-state index in [1.54, 1.807) is 30.3 Å². The summed E-state index contributed by atoms with van der Waals surface area (Å²) in [7, 11) is -3.96. The van der Waals surface area contributed by atoms with Crippen molar-refractivity contribution in [3.63, 3.8) is 0 Å². The van der Waals surface area contributed by atoms with Gasteiger partial charge in [0.2, 0.25) is 15.9 Å². The van der Waals surface area contributed by atoms with E-state index in [9.17, 15) is 13.5 Å². The molecule has 3 heterocycles. The molecule has 2 fully saturated rings. The Morgan fingerprint density at radius 2 is 1.87 bits per heavy atom. The third kappa shape index (κ3) is 4.64. The van der Waals surface area contributed by atoms with Crippen molar-refractivity contribution >= 4 is 10.0 Å². The number of hydrogen-bond donors (Lipinski definition) is 1. The van der Waals surface area contributed by atoms with Crippen LogP contribution in [0.3, 0.4) is 0 Å². The van der Waals surface area contributed by atoms with E-state index in [0.717, 1.165) is 16.4 Å². The summed E-state index contributed by atoms with van der Waals surface area (Å²) < 4.78 is 70.8. The summed E-state index contributed by atoms with van der Waals surface area (Å²) >= 11 is 0. The second-order valence-corrected chi connectivity index (χ2v) is 11.7. The van der Waals surface area contributed by atoms with Gasteiger partial charge < -0.3 is 14.3 Å². The van der Waals surface area contributed by atoms with Crippen LogP contribution < -0.4 is 0 Å². The lowest BCUT2D eigenvalue weighted by Gasteiger charge is -2.37. The van der Waals surface area contributed by atoms with Crippen LogP contribution in [0.15, 0.2) is 53.1 Å². The number of rotatable bonds is 6. The van der Waals surface area contributed by atoms with E-state index in [-0.39, 0.29) is 42.5 Å². The largest absolute Gasteiger partial charge is 0.448 e. The minimum Gasteiger partial charge on any atom is -0.448 e. The van der Waals surface area contributed by atoms with Gasteiger partial charge >= 0.3 is 0 Å². The summed E-state index contributed by atoms with van der Waals surface area (Å²) in [4.78, 5) is 4.29. The highest BCUT2D eigenvalue weighted by Crippen LogP contribution is 2.43. The summed E-state index contributed by atoms with van der Waals surface area (Å²) in [5.74, 6) is 1.22. The number of nitrogens with zero attached hydrogens (tertiary/aromatic N) is 2. The predicted octanol–water partition coefficient (Wildman–Crippen LogP) is 4.21. The number of hydrogen-bond acceptors (Lipinski definition) is 6. The first-order valence-electron chi connectivity index (χ1n) is 12.4. The molecule has 0 unspecified atom stereocenters. The van der Waals surface area contributed by atoms with Gasteiger partial charge in [0.1, 0.15) is 28.8 Å². The average molecular weight is 543 g/mol. The van der Waals surface area contributed by atoms with Gasteiger partial charge in [-0.1, -0.05) is 36.3 Å². The van der Waals surface area contributed by atoms with Crippen LogP contribution in [0.1, 0.15) is 59.2 Å². The Hall–Kier alpha value is -3.10. The first-order chi connectivity index (χ1) is 18.3. The standard InChI is InChI=1S/C28H28F2N2O5S/c1-2-22-8-9-26(19-6-4-3-5-7-19)38(34,35)32(22)16-20-14-25(30)23(15-24(20)29)28(10-12-36-13-11-28)27-31-21(17-33)18-37-27/h1,3-7,14-15,18,22,26,33H,8-13,16-17H2/t22-,26+/m0/s1. The van der Waals surface area contributed by atoms with Gasteiger partial charge in [-0.15, -0.1) is 6.42 Å². The molecular weight excluding hydrogens is 514 g/mol. The monoisotopic (exact) mass is 542 g/mol. The Morgan fingerprint density at radius 3 is 2.53 bits per heavy atom. The van der Waals surface area contributed by atoms with E-state index in [2.05, 4.69) is 10.9 Å². The van der Waals surface area contributed by atoms with Crippen LogP contribution in [0.5, 0.6) is 0 Å². The van der Waals surface area contributed by atoms with Crippen LogP contribution in [-0.4, -0.2) is 42.1 Å². The van der Waals surface area contributed by atoms with Crippen molar-refractivity contribution in [2.45, 2.75) is 55.5 Å². The predicted molar refractivity (Wildman–Crippen MR) is 135 cm³/mol. The molecule has 0 amide bonds. The van der Waals surface area contributed by atoms with Crippen molar-refractivity contribution in [1.82, 2.24) is 9.29 Å². The second kappa shape index (κ2) is 10.6. The van der Waals surface area contributed by atoms with Crippen LogP contribution in [0.2, 0.25) is 0 Å². The minimum absolute atomic E-state index is 0.0468. The summed E-state index contributed by atoms with van der Waals surface area (Å²) in [6.07, 6.45) is 8.29. The molecule has 0 saturated carbocycles. The molecule has 5 rings (SSSR count). The molecule has 2 saturated heterocycles. The van der Waals surface area contributed by atoms with Crippen molar-refractivity contribution in [3.05, 3.63) is 88.6 Å². The first kappa shape index (κ1) is 26.5. The van der Waals surface area contributed by atoms with Gasteiger partial charge in [0.25, 0.3) is 0 Å². The fourth-order valence-electron chi connectivity index (χ4n) is 5.48. The Morgan fingerprint density at radius 1 is 1.13 bits per heavy atom. The molecule has 2 aliphatic rings. The maximum Gasteiger partial charge on any atom is 0.222 e. The zero-order valence-electron chi connectivity index (χ0n) is 20.6. The highest BCUT2D eigenvalue weighted by molar-refractivity contribution is 7.89. The Labute approximate surface area is 220 Å². The molecule has 2 atom stereocenters. The van der Waals surface area contributed by atoms with E-state index in [0.29, 0.717) is 31.2 Å². The smallest absolute Gasteiger partial charge is 0.222 e. The third-order valence-electron chi connectivity index (χ3n) is 7.55. The van der Waals surface area contributed by atoms with Gasteiger partial charge in [-0.2, -0.15) is 4.31 Å². The summed E-state index contributed by atoms with van der Waals surface area (Å²) in [5, 5.41) is 8.60. The van der Waals surface area contributed by atoms with Crippen LogP contribution in [0.25, 0.3) is 0 Å². The number of oxazole rings is 1. The molecule has 1 aromatic heterocycles. The fourth-order valence-corrected chi connectivity index (χ4v) is 7.58. The quantitative estimate of drug-likeness (QED) is 0.469. The highest BCUT2D eigenvalue weighted by atomic mass is 32.2. The van der Waals surface area contributed by atoms with Crippen molar-refractivity contribution in [1.29, 1.82) is 0 Å². The summed E-state index contributed by atoms with van der Waals surface area (Å²) in [5.41, 5.74) is -0.247. The lowest BCUT2D eigenvalue weighted by atomic mass is 9.73. The number of aliphatic hydroxyl groups excluding tert-OH is 1. The van der Waals surface area contributed by atoms with Crippen molar-refractivity contribution in [3.8, 4) is 12.3 Å². The average Bonchev–Trinajstić information content (AvgIpc) is 3.42. The lowest BCUT2D eigenvalue weighted by molar-refractivity contribution is 0.0531. The van der Waals surface area contributed by atoms with Crippen LogP contribution in [0, 0.1) is 24.0 Å². The number of sulfonamides is 1. The molecule has 3 aromatic rings. The maximum atomic E-state index is 15.8. The minimum atomic E-state index is -3.96. The van der Waals surface area contributed by atoms with E-state index in [1.165, 1.54) is 6.26 Å². The van der Waals surface area contributed by atoms with Gasteiger partial charge in [0.15, 0.2) is 0 Å². The molecule has 0 spiro atoms. The molecular formula is C28H28F2N2O5S. The van der Waals surface area contributed by atoms with Crippen LogP contribution in [0.4, 0.5) is 8.78 Å². The number of aromatic nitrogens is 1. The maximum absolute atomic E-state index is 15.8. The Kier molecular flexibility index (Phi) is 7.38. The molecule has 7 nitrogen and oxygen atoms in total. The molecule has 0 aliphatic carbocycles.